The van der Waals surface area contributed by atoms with Gasteiger partial charge in [0.25, 0.3) is 5.69 Å². The van der Waals surface area contributed by atoms with Crippen LogP contribution in [0.3, 0.4) is 0 Å². The predicted octanol–water partition coefficient (Wildman–Crippen LogP) is 1.48. The number of rotatable bonds is 3. The van der Waals surface area contributed by atoms with Gasteiger partial charge in [-0.15, -0.1) is 0 Å². The lowest BCUT2D eigenvalue weighted by atomic mass is 10.1. The Morgan fingerprint density at radius 1 is 1.50 bits per heavy atom. The summed E-state index contributed by atoms with van der Waals surface area (Å²) in [6.07, 6.45) is 0. The molecule has 0 spiro atoms. The molecule has 0 fully saturated rings. The van der Waals surface area contributed by atoms with Crippen LogP contribution in [0.15, 0.2) is 12.1 Å². The molecular weight excluding hydrogens is 212 g/mol. The molecule has 0 amide bonds. The maximum atomic E-state index is 10.9. The van der Waals surface area contributed by atoms with Gasteiger partial charge in [0.1, 0.15) is 6.61 Å². The Labute approximate surface area is 92.5 Å². The molecule has 0 aliphatic carbocycles. The highest BCUT2D eigenvalue weighted by molar-refractivity contribution is 5.51. The van der Waals surface area contributed by atoms with Crippen molar-refractivity contribution in [2.45, 2.75) is 13.2 Å². The molecule has 0 aromatic heterocycles. The lowest BCUT2D eigenvalue weighted by molar-refractivity contribution is -0.385. The van der Waals surface area contributed by atoms with Gasteiger partial charge in [-0.2, -0.15) is 4.89 Å². The summed E-state index contributed by atoms with van der Waals surface area (Å²) in [7, 11) is 3.73. The maximum absolute atomic E-state index is 10.9. The highest BCUT2D eigenvalue weighted by Crippen LogP contribution is 2.33. The zero-order chi connectivity index (χ0) is 11.7. The fourth-order valence-electron chi connectivity index (χ4n) is 1.65. The van der Waals surface area contributed by atoms with Gasteiger partial charge in [0.2, 0.25) is 0 Å². The molecule has 1 aliphatic rings. The van der Waals surface area contributed by atoms with Crippen LogP contribution in [0, 0.1) is 10.1 Å². The lowest BCUT2D eigenvalue weighted by Crippen LogP contribution is -2.12. The van der Waals surface area contributed by atoms with E-state index in [9.17, 15) is 10.1 Å². The fourth-order valence-corrected chi connectivity index (χ4v) is 1.65. The Morgan fingerprint density at radius 3 is 2.88 bits per heavy atom. The molecule has 0 radical (unpaired) electrons. The van der Waals surface area contributed by atoms with Gasteiger partial charge in [-0.3, -0.25) is 10.1 Å². The summed E-state index contributed by atoms with van der Waals surface area (Å²) in [4.78, 5) is 22.0. The number of nitro groups is 1. The maximum Gasteiger partial charge on any atom is 0.277 e. The monoisotopic (exact) mass is 224 g/mol. The molecule has 1 aromatic carbocycles. The van der Waals surface area contributed by atoms with Crippen LogP contribution in [0.25, 0.3) is 0 Å². The van der Waals surface area contributed by atoms with Crippen LogP contribution in [0.5, 0.6) is 5.75 Å². The fraction of sp³-hybridized carbons (Fsp3) is 0.400. The first-order valence-electron chi connectivity index (χ1n) is 4.82. The Morgan fingerprint density at radius 2 is 2.25 bits per heavy atom. The number of benzene rings is 1. The molecule has 6 heteroatoms. The molecule has 86 valence electrons. The van der Waals surface area contributed by atoms with Crippen molar-refractivity contribution in [3.8, 4) is 5.75 Å². The van der Waals surface area contributed by atoms with E-state index >= 15 is 0 Å². The number of hydrogen-bond acceptors (Lipinski definition) is 5. The number of nitro benzene ring substituents is 1. The summed E-state index contributed by atoms with van der Waals surface area (Å²) in [5.41, 5.74) is 1.59. The first-order valence-corrected chi connectivity index (χ1v) is 4.82. The van der Waals surface area contributed by atoms with E-state index in [0.29, 0.717) is 24.5 Å². The minimum Gasteiger partial charge on any atom is -0.337 e. The van der Waals surface area contributed by atoms with Crippen molar-refractivity contribution in [1.82, 2.24) is 4.90 Å². The van der Waals surface area contributed by atoms with E-state index in [1.165, 1.54) is 6.07 Å². The zero-order valence-corrected chi connectivity index (χ0v) is 9.10. The topological polar surface area (TPSA) is 64.8 Å². The van der Waals surface area contributed by atoms with Gasteiger partial charge in [-0.25, -0.2) is 0 Å². The standard InChI is InChI=1S/C10H12N2O4/c1-11(2)5-7-3-8-6-15-16-10(8)4-9(7)12(13)14/h3-4H,5-6H2,1-2H3. The van der Waals surface area contributed by atoms with Crippen LogP contribution >= 0.6 is 0 Å². The van der Waals surface area contributed by atoms with Crippen LogP contribution in [0.4, 0.5) is 5.69 Å². The Hall–Kier alpha value is -1.66. The number of fused-ring (bicyclic) bond motifs is 1. The second kappa shape index (κ2) is 4.07. The zero-order valence-electron chi connectivity index (χ0n) is 9.10. The summed E-state index contributed by atoms with van der Waals surface area (Å²) in [5.74, 6) is 0.439. The van der Waals surface area contributed by atoms with Crippen LogP contribution in [0.1, 0.15) is 11.1 Å². The van der Waals surface area contributed by atoms with Crippen molar-refractivity contribution in [2.75, 3.05) is 14.1 Å². The SMILES string of the molecule is CN(C)Cc1cc2c(cc1[N+](=O)[O-])OOC2. The van der Waals surface area contributed by atoms with Gasteiger partial charge in [0.15, 0.2) is 5.75 Å². The Bertz CT molecular complexity index is 431. The average molecular weight is 224 g/mol. The van der Waals surface area contributed by atoms with Crippen LogP contribution in [-0.2, 0) is 18.0 Å². The van der Waals surface area contributed by atoms with Crippen molar-refractivity contribution in [1.29, 1.82) is 0 Å². The van der Waals surface area contributed by atoms with E-state index < -0.39 is 4.92 Å². The van der Waals surface area contributed by atoms with Crippen molar-refractivity contribution < 1.29 is 14.7 Å². The molecule has 6 nitrogen and oxygen atoms in total. The number of hydrogen-bond donors (Lipinski definition) is 0. The van der Waals surface area contributed by atoms with Crippen molar-refractivity contribution in [3.05, 3.63) is 33.4 Å². The van der Waals surface area contributed by atoms with Crippen molar-refractivity contribution in [2.24, 2.45) is 0 Å². The largest absolute Gasteiger partial charge is 0.337 e. The predicted molar refractivity (Wildman–Crippen MR) is 55.9 cm³/mol. The first kappa shape index (κ1) is 10.8. The Balaban J connectivity index is 2.44. The van der Waals surface area contributed by atoms with E-state index in [4.69, 9.17) is 9.78 Å². The summed E-state index contributed by atoms with van der Waals surface area (Å²) < 4.78 is 0. The van der Waals surface area contributed by atoms with E-state index in [0.717, 1.165) is 5.56 Å². The summed E-state index contributed by atoms with van der Waals surface area (Å²) in [6.45, 7) is 0.858. The van der Waals surface area contributed by atoms with Gasteiger partial charge < -0.3 is 9.79 Å². The van der Waals surface area contributed by atoms with E-state index in [-0.39, 0.29) is 5.69 Å². The molecule has 1 heterocycles. The van der Waals surface area contributed by atoms with Crippen LogP contribution in [0.2, 0.25) is 0 Å². The van der Waals surface area contributed by atoms with Gasteiger partial charge in [-0.05, 0) is 20.2 Å². The molecule has 0 atom stereocenters. The molecular formula is C10H12N2O4. The van der Waals surface area contributed by atoms with E-state index in [1.807, 2.05) is 19.0 Å². The van der Waals surface area contributed by atoms with Crippen LogP contribution < -0.4 is 4.89 Å². The highest BCUT2D eigenvalue weighted by atomic mass is 17.2. The van der Waals surface area contributed by atoms with Gasteiger partial charge in [0, 0.05) is 17.7 Å². The van der Waals surface area contributed by atoms with Crippen molar-refractivity contribution >= 4 is 5.69 Å². The smallest absolute Gasteiger partial charge is 0.277 e. The average Bonchev–Trinajstić information content (AvgIpc) is 2.62. The highest BCUT2D eigenvalue weighted by Gasteiger charge is 2.23. The minimum absolute atomic E-state index is 0.0675. The minimum atomic E-state index is -0.402. The third kappa shape index (κ3) is 1.98. The summed E-state index contributed by atoms with van der Waals surface area (Å²) >= 11 is 0. The van der Waals surface area contributed by atoms with E-state index in [2.05, 4.69) is 0 Å². The van der Waals surface area contributed by atoms with Crippen LogP contribution in [-0.4, -0.2) is 23.9 Å². The van der Waals surface area contributed by atoms with Gasteiger partial charge >= 0.3 is 0 Å². The van der Waals surface area contributed by atoms with Gasteiger partial charge in [-0.1, -0.05) is 0 Å². The second-order valence-electron chi connectivity index (χ2n) is 3.93. The van der Waals surface area contributed by atoms with E-state index in [1.54, 1.807) is 6.07 Å². The lowest BCUT2D eigenvalue weighted by Gasteiger charge is -2.10. The third-order valence-corrected chi connectivity index (χ3v) is 2.31. The van der Waals surface area contributed by atoms with Crippen molar-refractivity contribution in [3.63, 3.8) is 0 Å². The van der Waals surface area contributed by atoms with Gasteiger partial charge in [0.05, 0.1) is 11.0 Å². The summed E-state index contributed by atoms with van der Waals surface area (Å²) in [5, 5.41) is 10.9. The molecule has 0 saturated heterocycles. The second-order valence-corrected chi connectivity index (χ2v) is 3.93. The number of nitrogens with zero attached hydrogens (tertiary/aromatic N) is 2. The normalized spacial score (nSPS) is 13.7. The molecule has 16 heavy (non-hydrogen) atoms. The summed E-state index contributed by atoms with van der Waals surface area (Å²) in [6, 6.07) is 3.18. The molecule has 1 aromatic rings. The molecule has 0 N–H and O–H groups in total. The third-order valence-electron chi connectivity index (χ3n) is 2.31. The molecule has 0 unspecified atom stereocenters. The quantitative estimate of drug-likeness (QED) is 0.442. The molecule has 1 aliphatic heterocycles. The molecule has 0 saturated carbocycles. The Kier molecular flexibility index (Phi) is 2.76. The first-order chi connectivity index (χ1) is 7.58. The molecule has 0 bridgehead atoms. The molecule has 2 rings (SSSR count).